The Morgan fingerprint density at radius 1 is 1.08 bits per heavy atom. The van der Waals surface area contributed by atoms with E-state index in [1.807, 2.05) is 0 Å². The summed E-state index contributed by atoms with van der Waals surface area (Å²) in [7, 11) is 4.42. The van der Waals surface area contributed by atoms with Crippen molar-refractivity contribution < 1.29 is 0 Å². The van der Waals surface area contributed by atoms with E-state index >= 15 is 0 Å². The van der Waals surface area contributed by atoms with Crippen LogP contribution in [0.4, 0.5) is 0 Å². The van der Waals surface area contributed by atoms with Crippen molar-refractivity contribution in [1.82, 2.24) is 25.3 Å². The largest absolute Gasteiger partial charge is 0.357 e. The molecule has 2 saturated heterocycles. The second-order valence-corrected chi connectivity index (χ2v) is 7.38. The third kappa shape index (κ3) is 7.97. The van der Waals surface area contributed by atoms with Gasteiger partial charge in [-0.3, -0.25) is 9.89 Å². The molecule has 2 rings (SSSR count). The van der Waals surface area contributed by atoms with Crippen LogP contribution in [0.5, 0.6) is 0 Å². The van der Waals surface area contributed by atoms with Gasteiger partial charge < -0.3 is 20.4 Å². The van der Waals surface area contributed by atoms with Crippen LogP contribution < -0.4 is 10.6 Å². The normalized spacial score (nSPS) is 24.8. The molecule has 0 spiro atoms. The van der Waals surface area contributed by atoms with Gasteiger partial charge in [-0.25, -0.2) is 0 Å². The van der Waals surface area contributed by atoms with Gasteiger partial charge in [-0.1, -0.05) is 6.92 Å². The highest BCUT2D eigenvalue weighted by atomic mass is 127. The van der Waals surface area contributed by atoms with Crippen LogP contribution in [0.3, 0.4) is 0 Å². The van der Waals surface area contributed by atoms with Crippen molar-refractivity contribution in [3.8, 4) is 0 Å². The quantitative estimate of drug-likeness (QED) is 0.351. The number of nitrogens with zero attached hydrogens (tertiary/aromatic N) is 4. The number of likely N-dealkylation sites (tertiary alicyclic amines) is 1. The summed E-state index contributed by atoms with van der Waals surface area (Å²) in [5.74, 6) is 0.994. The predicted octanol–water partition coefficient (Wildman–Crippen LogP) is 1.28. The van der Waals surface area contributed by atoms with Gasteiger partial charge in [0.15, 0.2) is 5.96 Å². The standard InChI is InChI=1S/C18H38N6.HI/c1-5-9-24-10-7-16(8-11-24)21-18(19-6-2)20-14-17-15-22(3)12-13-23(17)4;/h16-17H,5-15H2,1-4H3,(H2,19,20,21);1H. The minimum atomic E-state index is 0. The number of hydrogen-bond acceptors (Lipinski definition) is 4. The molecule has 0 aromatic carbocycles. The summed E-state index contributed by atoms with van der Waals surface area (Å²) in [4.78, 5) is 12.3. The van der Waals surface area contributed by atoms with Gasteiger partial charge in [0.05, 0.1) is 6.54 Å². The van der Waals surface area contributed by atoms with E-state index in [0.717, 1.165) is 38.7 Å². The Morgan fingerprint density at radius 3 is 2.44 bits per heavy atom. The smallest absolute Gasteiger partial charge is 0.191 e. The summed E-state index contributed by atoms with van der Waals surface area (Å²) in [5.41, 5.74) is 0. The molecule has 1 atom stereocenters. The fraction of sp³-hybridized carbons (Fsp3) is 0.944. The van der Waals surface area contributed by atoms with E-state index in [-0.39, 0.29) is 24.0 Å². The molecule has 0 amide bonds. The fourth-order valence-electron chi connectivity index (χ4n) is 3.63. The number of aliphatic imine (C=N–C) groups is 1. The first kappa shape index (κ1) is 22.9. The molecule has 0 bridgehead atoms. The molecule has 0 saturated carbocycles. The molecule has 25 heavy (non-hydrogen) atoms. The average Bonchev–Trinajstić information content (AvgIpc) is 2.57. The monoisotopic (exact) mass is 466 g/mol. The highest BCUT2D eigenvalue weighted by molar-refractivity contribution is 14.0. The van der Waals surface area contributed by atoms with Crippen molar-refractivity contribution in [2.45, 2.75) is 45.2 Å². The predicted molar refractivity (Wildman–Crippen MR) is 118 cm³/mol. The lowest BCUT2D eigenvalue weighted by atomic mass is 10.1. The third-order valence-corrected chi connectivity index (χ3v) is 5.25. The fourth-order valence-corrected chi connectivity index (χ4v) is 3.63. The lowest BCUT2D eigenvalue weighted by Gasteiger charge is -2.37. The molecule has 148 valence electrons. The number of likely N-dealkylation sites (N-methyl/N-ethyl adjacent to an activating group) is 2. The van der Waals surface area contributed by atoms with Gasteiger partial charge in [-0.15, -0.1) is 24.0 Å². The molecule has 0 aromatic heterocycles. The number of halogens is 1. The molecule has 1 unspecified atom stereocenters. The van der Waals surface area contributed by atoms with Gasteiger partial charge in [-0.05, 0) is 46.8 Å². The van der Waals surface area contributed by atoms with E-state index in [0.29, 0.717) is 12.1 Å². The second-order valence-electron chi connectivity index (χ2n) is 7.38. The number of rotatable bonds is 6. The molecule has 2 N–H and O–H groups in total. The third-order valence-electron chi connectivity index (χ3n) is 5.25. The van der Waals surface area contributed by atoms with Crippen molar-refractivity contribution in [1.29, 1.82) is 0 Å². The Labute approximate surface area is 171 Å². The van der Waals surface area contributed by atoms with Crippen molar-refractivity contribution in [3.05, 3.63) is 0 Å². The summed E-state index contributed by atoms with van der Waals surface area (Å²) in [6, 6.07) is 1.08. The Kier molecular flexibility index (Phi) is 11.3. The zero-order valence-corrected chi connectivity index (χ0v) is 19.0. The number of hydrogen-bond donors (Lipinski definition) is 2. The molecule has 0 aliphatic carbocycles. The van der Waals surface area contributed by atoms with Crippen LogP contribution in [0.25, 0.3) is 0 Å². The highest BCUT2D eigenvalue weighted by Gasteiger charge is 2.23. The summed E-state index contributed by atoms with van der Waals surface area (Å²) >= 11 is 0. The molecule has 2 fully saturated rings. The van der Waals surface area contributed by atoms with Crippen molar-refractivity contribution in [3.63, 3.8) is 0 Å². The summed E-state index contributed by atoms with van der Waals surface area (Å²) in [6.45, 7) is 13.2. The molecular formula is C18H39IN6. The van der Waals surface area contributed by atoms with E-state index in [4.69, 9.17) is 4.99 Å². The molecule has 0 radical (unpaired) electrons. The van der Waals surface area contributed by atoms with E-state index in [9.17, 15) is 0 Å². The number of guanidine groups is 1. The van der Waals surface area contributed by atoms with Gasteiger partial charge in [0.25, 0.3) is 0 Å². The Hall–Kier alpha value is -0.120. The highest BCUT2D eigenvalue weighted by Crippen LogP contribution is 2.11. The lowest BCUT2D eigenvalue weighted by molar-refractivity contribution is 0.119. The van der Waals surface area contributed by atoms with Gasteiger partial charge in [-0.2, -0.15) is 0 Å². The zero-order valence-electron chi connectivity index (χ0n) is 16.6. The SMILES string of the molecule is CCCN1CCC(NC(=NCC2CN(C)CCN2C)NCC)CC1.I. The van der Waals surface area contributed by atoms with Crippen molar-refractivity contribution in [2.24, 2.45) is 4.99 Å². The Morgan fingerprint density at radius 2 is 1.80 bits per heavy atom. The maximum absolute atomic E-state index is 4.88. The minimum Gasteiger partial charge on any atom is -0.357 e. The topological polar surface area (TPSA) is 46.1 Å². The van der Waals surface area contributed by atoms with Crippen LogP contribution in [0.15, 0.2) is 4.99 Å². The van der Waals surface area contributed by atoms with E-state index < -0.39 is 0 Å². The van der Waals surface area contributed by atoms with Gasteiger partial charge in [0.2, 0.25) is 0 Å². The van der Waals surface area contributed by atoms with E-state index in [1.165, 1.54) is 38.9 Å². The molecule has 2 aliphatic rings. The first-order valence-electron chi connectivity index (χ1n) is 9.78. The van der Waals surface area contributed by atoms with Crippen LogP contribution in [0.2, 0.25) is 0 Å². The molecule has 7 heteroatoms. The average molecular weight is 466 g/mol. The van der Waals surface area contributed by atoms with Gasteiger partial charge in [0, 0.05) is 51.4 Å². The summed E-state index contributed by atoms with van der Waals surface area (Å²) < 4.78 is 0. The molecule has 2 aliphatic heterocycles. The minimum absolute atomic E-state index is 0. The molecule has 6 nitrogen and oxygen atoms in total. The van der Waals surface area contributed by atoms with Crippen LogP contribution >= 0.6 is 24.0 Å². The first-order valence-corrected chi connectivity index (χ1v) is 9.78. The number of piperidine rings is 1. The van der Waals surface area contributed by atoms with Gasteiger partial charge >= 0.3 is 0 Å². The van der Waals surface area contributed by atoms with Gasteiger partial charge in [0.1, 0.15) is 0 Å². The maximum atomic E-state index is 4.88. The summed E-state index contributed by atoms with van der Waals surface area (Å²) in [5, 5.41) is 7.09. The molecule has 0 aromatic rings. The maximum Gasteiger partial charge on any atom is 0.191 e. The zero-order chi connectivity index (χ0) is 17.4. The van der Waals surface area contributed by atoms with Crippen molar-refractivity contribution >= 4 is 29.9 Å². The van der Waals surface area contributed by atoms with Crippen LogP contribution in [0.1, 0.15) is 33.1 Å². The number of piperazine rings is 1. The molecule has 2 heterocycles. The second kappa shape index (κ2) is 12.3. The Bertz CT molecular complexity index is 384. The molecular weight excluding hydrogens is 427 g/mol. The lowest BCUT2D eigenvalue weighted by Crippen LogP contribution is -2.52. The van der Waals surface area contributed by atoms with Crippen molar-refractivity contribution in [2.75, 3.05) is 66.5 Å². The van der Waals surface area contributed by atoms with Crippen LogP contribution in [-0.2, 0) is 0 Å². The Balaban J connectivity index is 0.00000312. The number of nitrogens with one attached hydrogen (secondary N) is 2. The summed E-state index contributed by atoms with van der Waals surface area (Å²) in [6.07, 6.45) is 3.69. The first-order chi connectivity index (χ1) is 11.6. The van der Waals surface area contributed by atoms with E-state index in [1.54, 1.807) is 0 Å². The van der Waals surface area contributed by atoms with E-state index in [2.05, 4.69) is 53.3 Å². The van der Waals surface area contributed by atoms with Crippen LogP contribution in [-0.4, -0.2) is 99.2 Å². The van der Waals surface area contributed by atoms with Crippen LogP contribution in [0, 0.1) is 0 Å².